The Labute approximate surface area is 122 Å². The van der Waals surface area contributed by atoms with Gasteiger partial charge >= 0.3 is 0 Å². The summed E-state index contributed by atoms with van der Waals surface area (Å²) in [6.45, 7) is 7.15. The second kappa shape index (κ2) is 6.70. The molecular formula is C16H29N3O. The first kappa shape index (κ1) is 15.5. The third-order valence-electron chi connectivity index (χ3n) is 5.37. The molecule has 4 nitrogen and oxygen atoms in total. The Morgan fingerprint density at radius 3 is 2.60 bits per heavy atom. The van der Waals surface area contributed by atoms with Gasteiger partial charge in [-0.2, -0.15) is 4.98 Å². The third-order valence-corrected chi connectivity index (χ3v) is 5.37. The molecule has 1 saturated carbocycles. The average Bonchev–Trinajstić information content (AvgIpc) is 3.00. The highest BCUT2D eigenvalue weighted by Crippen LogP contribution is 2.37. The van der Waals surface area contributed by atoms with Crippen molar-refractivity contribution in [2.24, 2.45) is 11.7 Å². The summed E-state index contributed by atoms with van der Waals surface area (Å²) in [5.41, 5.74) is 5.83. The molecule has 2 atom stereocenters. The molecule has 2 N–H and O–H groups in total. The molecule has 1 aliphatic carbocycles. The van der Waals surface area contributed by atoms with E-state index in [0.717, 1.165) is 30.5 Å². The quantitative estimate of drug-likeness (QED) is 0.861. The van der Waals surface area contributed by atoms with Gasteiger partial charge in [0, 0.05) is 12.5 Å². The normalized spacial score (nSPS) is 24.0. The average molecular weight is 279 g/mol. The van der Waals surface area contributed by atoms with E-state index in [1.165, 1.54) is 32.1 Å². The monoisotopic (exact) mass is 279 g/mol. The Hall–Kier alpha value is -0.900. The Morgan fingerprint density at radius 1 is 1.25 bits per heavy atom. The summed E-state index contributed by atoms with van der Waals surface area (Å²) in [6, 6.07) is 0. The van der Waals surface area contributed by atoms with Crippen LogP contribution in [0.4, 0.5) is 0 Å². The van der Waals surface area contributed by atoms with Crippen molar-refractivity contribution in [3.05, 3.63) is 11.7 Å². The van der Waals surface area contributed by atoms with E-state index in [9.17, 15) is 0 Å². The van der Waals surface area contributed by atoms with Crippen LogP contribution in [0.1, 0.15) is 83.3 Å². The van der Waals surface area contributed by atoms with E-state index >= 15 is 0 Å². The molecule has 0 spiro atoms. The van der Waals surface area contributed by atoms with Crippen LogP contribution in [-0.2, 0) is 5.41 Å². The fraction of sp³-hybridized carbons (Fsp3) is 0.875. The summed E-state index contributed by atoms with van der Waals surface area (Å²) in [4.78, 5) is 4.73. The van der Waals surface area contributed by atoms with Crippen molar-refractivity contribution in [3.63, 3.8) is 0 Å². The number of aromatic nitrogens is 2. The van der Waals surface area contributed by atoms with E-state index < -0.39 is 0 Å². The summed E-state index contributed by atoms with van der Waals surface area (Å²) in [6.07, 6.45) is 8.21. The zero-order chi connectivity index (χ0) is 14.6. The molecule has 20 heavy (non-hydrogen) atoms. The number of rotatable bonds is 6. The molecule has 0 bridgehead atoms. The molecule has 0 radical (unpaired) electrons. The van der Waals surface area contributed by atoms with Crippen molar-refractivity contribution in [2.75, 3.05) is 6.54 Å². The SMILES string of the molecule is CCC1CCCC(c2noc(C(CC)(CC)CN)n2)C1. The third kappa shape index (κ3) is 2.90. The van der Waals surface area contributed by atoms with Crippen molar-refractivity contribution in [1.82, 2.24) is 10.1 Å². The topological polar surface area (TPSA) is 64.9 Å². The maximum absolute atomic E-state index is 5.96. The number of nitrogens with zero attached hydrogens (tertiary/aromatic N) is 2. The summed E-state index contributed by atoms with van der Waals surface area (Å²) >= 11 is 0. The van der Waals surface area contributed by atoms with E-state index in [-0.39, 0.29) is 5.41 Å². The zero-order valence-electron chi connectivity index (χ0n) is 13.2. The largest absolute Gasteiger partial charge is 0.339 e. The van der Waals surface area contributed by atoms with Crippen LogP contribution in [0.5, 0.6) is 0 Å². The molecule has 0 saturated heterocycles. The van der Waals surface area contributed by atoms with E-state index in [4.69, 9.17) is 15.2 Å². The van der Waals surface area contributed by atoms with Gasteiger partial charge in [-0.05, 0) is 31.6 Å². The molecule has 0 amide bonds. The molecule has 1 aromatic heterocycles. The molecule has 2 unspecified atom stereocenters. The molecule has 114 valence electrons. The molecule has 4 heteroatoms. The van der Waals surface area contributed by atoms with Crippen LogP contribution in [0.15, 0.2) is 4.52 Å². The summed E-state index contributed by atoms with van der Waals surface area (Å²) < 4.78 is 5.58. The zero-order valence-corrected chi connectivity index (χ0v) is 13.2. The molecular weight excluding hydrogens is 250 g/mol. The van der Waals surface area contributed by atoms with Gasteiger partial charge in [0.1, 0.15) is 0 Å². The molecule has 1 fully saturated rings. The minimum atomic E-state index is -0.135. The van der Waals surface area contributed by atoms with Crippen LogP contribution >= 0.6 is 0 Å². The Bertz CT molecular complexity index is 403. The summed E-state index contributed by atoms with van der Waals surface area (Å²) in [5, 5.41) is 4.28. The molecule has 0 aliphatic heterocycles. The molecule has 1 aliphatic rings. The Morgan fingerprint density at radius 2 is 2.00 bits per heavy atom. The van der Waals surface area contributed by atoms with Gasteiger partial charge in [0.15, 0.2) is 5.82 Å². The smallest absolute Gasteiger partial charge is 0.234 e. The van der Waals surface area contributed by atoms with E-state index in [2.05, 4.69) is 25.9 Å². The first-order valence-electron chi connectivity index (χ1n) is 8.23. The van der Waals surface area contributed by atoms with Gasteiger partial charge in [0.2, 0.25) is 5.89 Å². The van der Waals surface area contributed by atoms with E-state index in [1.807, 2.05) is 0 Å². The maximum atomic E-state index is 5.96. The van der Waals surface area contributed by atoms with Crippen LogP contribution in [0.3, 0.4) is 0 Å². The van der Waals surface area contributed by atoms with Gasteiger partial charge in [-0.1, -0.05) is 45.2 Å². The number of nitrogens with two attached hydrogens (primary N) is 1. The second-order valence-electron chi connectivity index (χ2n) is 6.29. The van der Waals surface area contributed by atoms with Crippen LogP contribution in [-0.4, -0.2) is 16.7 Å². The predicted octanol–water partition coefficient (Wildman–Crippen LogP) is 3.77. The lowest BCUT2D eigenvalue weighted by Gasteiger charge is -2.26. The van der Waals surface area contributed by atoms with Crippen LogP contribution in [0.2, 0.25) is 0 Å². The van der Waals surface area contributed by atoms with Crippen molar-refractivity contribution < 1.29 is 4.52 Å². The minimum absolute atomic E-state index is 0.135. The van der Waals surface area contributed by atoms with Gasteiger partial charge in [0.25, 0.3) is 0 Å². The lowest BCUT2D eigenvalue weighted by atomic mass is 9.79. The van der Waals surface area contributed by atoms with E-state index in [1.54, 1.807) is 0 Å². The van der Waals surface area contributed by atoms with Gasteiger partial charge in [-0.3, -0.25) is 0 Å². The van der Waals surface area contributed by atoms with Crippen LogP contribution < -0.4 is 5.73 Å². The van der Waals surface area contributed by atoms with Gasteiger partial charge in [0.05, 0.1) is 5.41 Å². The summed E-state index contributed by atoms with van der Waals surface area (Å²) in [7, 11) is 0. The summed E-state index contributed by atoms with van der Waals surface area (Å²) in [5.74, 6) is 2.97. The fourth-order valence-corrected chi connectivity index (χ4v) is 3.44. The van der Waals surface area contributed by atoms with Crippen molar-refractivity contribution >= 4 is 0 Å². The molecule has 1 heterocycles. The maximum Gasteiger partial charge on any atom is 0.234 e. The second-order valence-corrected chi connectivity index (χ2v) is 6.29. The lowest BCUT2D eigenvalue weighted by Crippen LogP contribution is -2.34. The minimum Gasteiger partial charge on any atom is -0.339 e. The van der Waals surface area contributed by atoms with Gasteiger partial charge in [-0.15, -0.1) is 0 Å². The van der Waals surface area contributed by atoms with Gasteiger partial charge < -0.3 is 10.3 Å². The van der Waals surface area contributed by atoms with Crippen LogP contribution in [0.25, 0.3) is 0 Å². The highest BCUT2D eigenvalue weighted by atomic mass is 16.5. The lowest BCUT2D eigenvalue weighted by molar-refractivity contribution is 0.262. The van der Waals surface area contributed by atoms with Crippen molar-refractivity contribution in [1.29, 1.82) is 0 Å². The van der Waals surface area contributed by atoms with Crippen LogP contribution in [0, 0.1) is 5.92 Å². The first-order valence-corrected chi connectivity index (χ1v) is 8.23. The Balaban J connectivity index is 2.16. The number of hydrogen-bond acceptors (Lipinski definition) is 4. The molecule has 0 aromatic carbocycles. The highest BCUT2D eigenvalue weighted by molar-refractivity contribution is 5.08. The standard InChI is InChI=1S/C16H29N3O/c1-4-12-8-7-9-13(10-12)14-18-15(20-19-14)16(5-2,6-3)11-17/h12-13H,4-11,17H2,1-3H3. The molecule has 1 aromatic rings. The van der Waals surface area contributed by atoms with Crippen molar-refractivity contribution in [2.45, 2.75) is 77.0 Å². The number of hydrogen-bond donors (Lipinski definition) is 1. The fourth-order valence-electron chi connectivity index (χ4n) is 3.44. The Kier molecular flexibility index (Phi) is 5.19. The predicted molar refractivity (Wildman–Crippen MR) is 80.6 cm³/mol. The van der Waals surface area contributed by atoms with Crippen molar-refractivity contribution in [3.8, 4) is 0 Å². The first-order chi connectivity index (χ1) is 9.69. The molecule has 2 rings (SSSR count). The van der Waals surface area contributed by atoms with Gasteiger partial charge in [-0.25, -0.2) is 0 Å². The highest BCUT2D eigenvalue weighted by Gasteiger charge is 2.35. The van der Waals surface area contributed by atoms with E-state index in [0.29, 0.717) is 12.5 Å².